The summed E-state index contributed by atoms with van der Waals surface area (Å²) < 4.78 is 0. The molecule has 2 amide bonds. The molecule has 0 aromatic heterocycles. The van der Waals surface area contributed by atoms with E-state index in [1.165, 1.54) is 11.9 Å². The fourth-order valence-electron chi connectivity index (χ4n) is 2.65. The normalized spacial score (nSPS) is 18.3. The molecule has 2 aromatic carbocycles. The van der Waals surface area contributed by atoms with Crippen LogP contribution in [-0.2, 0) is 9.59 Å². The van der Waals surface area contributed by atoms with E-state index in [1.807, 2.05) is 62.6 Å². The molecule has 0 aliphatic carbocycles. The van der Waals surface area contributed by atoms with Gasteiger partial charge in [0.2, 0.25) is 11.6 Å². The van der Waals surface area contributed by atoms with Crippen molar-refractivity contribution in [3.05, 3.63) is 60.7 Å². The first kappa shape index (κ1) is 20.1. The van der Waals surface area contributed by atoms with Gasteiger partial charge in [0.05, 0.1) is 11.4 Å². The van der Waals surface area contributed by atoms with Crippen LogP contribution in [0.5, 0.6) is 0 Å². The van der Waals surface area contributed by atoms with E-state index in [2.05, 4.69) is 21.1 Å². The van der Waals surface area contributed by atoms with Gasteiger partial charge in [-0.25, -0.2) is 0 Å². The number of carbonyl (C=O) groups excluding carboxylic acids is 2. The molecule has 3 rings (SSSR count). The number of rotatable bonds is 4. The highest BCUT2D eigenvalue weighted by Gasteiger charge is 2.51. The molecule has 0 fully saturated rings. The molecule has 7 heteroatoms. The van der Waals surface area contributed by atoms with Crippen LogP contribution in [0.1, 0.15) is 13.8 Å². The third-order valence-corrected chi connectivity index (χ3v) is 3.78. The summed E-state index contributed by atoms with van der Waals surface area (Å²) in [5.41, 5.74) is 0.423. The van der Waals surface area contributed by atoms with E-state index < -0.39 is 5.66 Å². The summed E-state index contributed by atoms with van der Waals surface area (Å²) in [6.45, 7) is 3.09. The highest BCUT2D eigenvalue weighted by Crippen LogP contribution is 2.28. The molecule has 142 valence electrons. The number of anilines is 2. The predicted octanol–water partition coefficient (Wildman–Crippen LogP) is 2.19. The minimum absolute atomic E-state index is 0.323. The number of benzene rings is 2. The summed E-state index contributed by atoms with van der Waals surface area (Å²) >= 11 is 0. The van der Waals surface area contributed by atoms with E-state index in [4.69, 9.17) is 0 Å². The zero-order valence-corrected chi connectivity index (χ0v) is 16.0. The van der Waals surface area contributed by atoms with E-state index in [-0.39, 0.29) is 11.8 Å². The van der Waals surface area contributed by atoms with Gasteiger partial charge < -0.3 is 16.0 Å². The number of para-hydroxylation sites is 2. The van der Waals surface area contributed by atoms with Crippen molar-refractivity contribution in [2.45, 2.75) is 19.5 Å². The SMILES string of the molecule is CC(=O)NC1(Nc2ccccc2)C(=O)N(c2ccccc2)N=C1C.CNC. The third kappa shape index (κ3) is 4.51. The van der Waals surface area contributed by atoms with Crippen LogP contribution in [0.3, 0.4) is 0 Å². The van der Waals surface area contributed by atoms with Crippen LogP contribution in [0, 0.1) is 0 Å². The Morgan fingerprint density at radius 1 is 1.00 bits per heavy atom. The molecule has 0 saturated carbocycles. The van der Waals surface area contributed by atoms with Crippen molar-refractivity contribution in [1.29, 1.82) is 0 Å². The molecular weight excluding hydrogens is 342 g/mol. The maximum atomic E-state index is 13.1. The van der Waals surface area contributed by atoms with E-state index in [9.17, 15) is 9.59 Å². The highest BCUT2D eigenvalue weighted by molar-refractivity contribution is 6.25. The van der Waals surface area contributed by atoms with Crippen LogP contribution < -0.4 is 21.0 Å². The minimum Gasteiger partial charge on any atom is -0.350 e. The fourth-order valence-corrected chi connectivity index (χ4v) is 2.65. The van der Waals surface area contributed by atoms with E-state index >= 15 is 0 Å². The average molecular weight is 367 g/mol. The maximum Gasteiger partial charge on any atom is 0.300 e. The fraction of sp³-hybridized carbons (Fsp3) is 0.250. The summed E-state index contributed by atoms with van der Waals surface area (Å²) in [5.74, 6) is -0.679. The van der Waals surface area contributed by atoms with Gasteiger partial charge in [-0.1, -0.05) is 36.4 Å². The molecule has 1 heterocycles. The minimum atomic E-state index is -1.40. The van der Waals surface area contributed by atoms with Gasteiger partial charge in [0.1, 0.15) is 0 Å². The second kappa shape index (κ2) is 8.95. The van der Waals surface area contributed by atoms with Crippen molar-refractivity contribution in [2.24, 2.45) is 5.10 Å². The van der Waals surface area contributed by atoms with Crippen LogP contribution in [0.15, 0.2) is 65.8 Å². The molecule has 0 bridgehead atoms. The van der Waals surface area contributed by atoms with Gasteiger partial charge in [0.15, 0.2) is 0 Å². The molecule has 0 spiro atoms. The molecule has 27 heavy (non-hydrogen) atoms. The Morgan fingerprint density at radius 3 is 2.04 bits per heavy atom. The van der Waals surface area contributed by atoms with Crippen LogP contribution in [0.25, 0.3) is 0 Å². The van der Waals surface area contributed by atoms with Crippen molar-refractivity contribution in [2.75, 3.05) is 24.4 Å². The maximum absolute atomic E-state index is 13.1. The van der Waals surface area contributed by atoms with Gasteiger partial charge in [-0.3, -0.25) is 9.59 Å². The van der Waals surface area contributed by atoms with Gasteiger partial charge >= 0.3 is 0 Å². The van der Waals surface area contributed by atoms with Crippen LogP contribution in [0.4, 0.5) is 11.4 Å². The lowest BCUT2D eigenvalue weighted by Crippen LogP contribution is -2.64. The number of amides is 2. The summed E-state index contributed by atoms with van der Waals surface area (Å²) in [6, 6.07) is 18.4. The first-order valence-corrected chi connectivity index (χ1v) is 8.60. The molecular formula is C20H25N5O2. The molecule has 1 atom stereocenters. The standard InChI is InChI=1S/C18H18N4O2.C2H7N/c1-13-18(19-14(2)23,20-15-9-5-3-6-10-15)17(24)22(21-13)16-11-7-4-8-12-16;1-3-2/h3-12,20H,1-2H3,(H,19,23);3H,1-2H3. The summed E-state index contributed by atoms with van der Waals surface area (Å²) in [6.07, 6.45) is 0. The molecule has 1 aliphatic rings. The van der Waals surface area contributed by atoms with Gasteiger partial charge in [0.25, 0.3) is 5.91 Å². The van der Waals surface area contributed by atoms with Gasteiger partial charge in [-0.05, 0) is 45.3 Å². The number of nitrogens with one attached hydrogen (secondary N) is 3. The van der Waals surface area contributed by atoms with Gasteiger partial charge in [-0.2, -0.15) is 10.1 Å². The average Bonchev–Trinajstić information content (AvgIpc) is 2.88. The molecule has 0 radical (unpaired) electrons. The summed E-state index contributed by atoms with van der Waals surface area (Å²) in [7, 11) is 3.75. The highest BCUT2D eigenvalue weighted by atomic mass is 16.2. The van der Waals surface area contributed by atoms with Crippen molar-refractivity contribution < 1.29 is 9.59 Å². The van der Waals surface area contributed by atoms with Crippen molar-refractivity contribution in [3.8, 4) is 0 Å². The zero-order valence-electron chi connectivity index (χ0n) is 16.0. The predicted molar refractivity (Wildman–Crippen MR) is 109 cm³/mol. The number of hydrogen-bond acceptors (Lipinski definition) is 5. The van der Waals surface area contributed by atoms with Crippen LogP contribution in [0.2, 0.25) is 0 Å². The quantitative estimate of drug-likeness (QED) is 0.723. The Kier molecular flexibility index (Phi) is 6.67. The Bertz CT molecular complexity index is 808. The molecule has 3 N–H and O–H groups in total. The number of hydrazone groups is 1. The smallest absolute Gasteiger partial charge is 0.300 e. The van der Waals surface area contributed by atoms with E-state index in [1.54, 1.807) is 19.1 Å². The molecule has 2 aromatic rings. The third-order valence-electron chi connectivity index (χ3n) is 3.78. The van der Waals surface area contributed by atoms with Crippen molar-refractivity contribution in [3.63, 3.8) is 0 Å². The number of nitrogens with zero attached hydrogens (tertiary/aromatic N) is 2. The number of carbonyl (C=O) groups is 2. The summed E-state index contributed by atoms with van der Waals surface area (Å²) in [4.78, 5) is 24.9. The lowest BCUT2D eigenvalue weighted by Gasteiger charge is -2.30. The topological polar surface area (TPSA) is 85.8 Å². The molecule has 1 unspecified atom stereocenters. The Balaban J connectivity index is 0.000000817. The Hall–Kier alpha value is -3.19. The van der Waals surface area contributed by atoms with Crippen LogP contribution in [-0.4, -0.2) is 37.3 Å². The van der Waals surface area contributed by atoms with Crippen LogP contribution >= 0.6 is 0 Å². The Morgan fingerprint density at radius 2 is 1.52 bits per heavy atom. The van der Waals surface area contributed by atoms with Crippen molar-refractivity contribution in [1.82, 2.24) is 10.6 Å². The summed E-state index contributed by atoms with van der Waals surface area (Å²) in [5, 5.41) is 14.3. The lowest BCUT2D eigenvalue weighted by molar-refractivity contribution is -0.127. The van der Waals surface area contributed by atoms with Gasteiger partial charge in [-0.15, -0.1) is 0 Å². The second-order valence-corrected chi connectivity index (χ2v) is 6.06. The van der Waals surface area contributed by atoms with Gasteiger partial charge in [0, 0.05) is 12.6 Å². The molecule has 7 nitrogen and oxygen atoms in total. The lowest BCUT2D eigenvalue weighted by atomic mass is 10.0. The molecule has 1 aliphatic heterocycles. The number of hydrogen-bond donors (Lipinski definition) is 3. The first-order valence-electron chi connectivity index (χ1n) is 8.60. The zero-order chi connectivity index (χ0) is 19.9. The largest absolute Gasteiger partial charge is 0.350 e. The van der Waals surface area contributed by atoms with Crippen molar-refractivity contribution >= 4 is 28.9 Å². The van der Waals surface area contributed by atoms with E-state index in [0.717, 1.165) is 0 Å². The Labute approximate surface area is 159 Å². The monoisotopic (exact) mass is 367 g/mol. The molecule has 0 saturated heterocycles. The van der Waals surface area contributed by atoms with E-state index in [0.29, 0.717) is 17.1 Å². The second-order valence-electron chi connectivity index (χ2n) is 6.06. The first-order chi connectivity index (χ1) is 12.9.